The van der Waals surface area contributed by atoms with Crippen LogP contribution in [0, 0.1) is 11.3 Å². The van der Waals surface area contributed by atoms with Crippen LogP contribution in [-0.4, -0.2) is 30.7 Å². The van der Waals surface area contributed by atoms with E-state index in [0.29, 0.717) is 12.1 Å². The largest absolute Gasteiger partial charge is 0.378 e. The predicted octanol–water partition coefficient (Wildman–Crippen LogP) is 2.39. The second-order valence-electron chi connectivity index (χ2n) is 6.95. The van der Waals surface area contributed by atoms with Gasteiger partial charge in [-0.05, 0) is 45.4 Å². The fraction of sp³-hybridized carbons (Fsp3) is 0.938. The van der Waals surface area contributed by atoms with Crippen molar-refractivity contribution in [3.05, 3.63) is 0 Å². The van der Waals surface area contributed by atoms with E-state index in [0.717, 1.165) is 32.3 Å². The Bertz CT molecular complexity index is 371. The summed E-state index contributed by atoms with van der Waals surface area (Å²) in [6.07, 6.45) is 9.18. The summed E-state index contributed by atoms with van der Waals surface area (Å²) in [5.41, 5.74) is 6.16. The molecular formula is C16H29ClN2O2. The standard InChI is InChI=1S/C16H28N2O2.ClH/c1-2-20-14-10-13(16(14)7-3-4-8-16)18-15(19)11-5-6-12(17)9-11;/h11-14H,2-10,17H2,1H3,(H,18,19);1H. The minimum Gasteiger partial charge on any atom is -0.378 e. The van der Waals surface area contributed by atoms with Gasteiger partial charge in [-0.1, -0.05) is 12.8 Å². The zero-order chi connectivity index (χ0) is 14.2. The fourth-order valence-corrected chi connectivity index (χ4v) is 4.63. The maximum Gasteiger partial charge on any atom is 0.223 e. The van der Waals surface area contributed by atoms with Crippen LogP contribution in [-0.2, 0) is 9.53 Å². The smallest absolute Gasteiger partial charge is 0.223 e. The van der Waals surface area contributed by atoms with Crippen LogP contribution in [0.1, 0.15) is 58.3 Å². The van der Waals surface area contributed by atoms with E-state index in [4.69, 9.17) is 10.5 Å². The highest BCUT2D eigenvalue weighted by atomic mass is 35.5. The Morgan fingerprint density at radius 3 is 2.57 bits per heavy atom. The van der Waals surface area contributed by atoms with Crippen LogP contribution in [0.5, 0.6) is 0 Å². The second kappa shape index (κ2) is 6.84. The SMILES string of the molecule is CCOC1CC(NC(=O)C2CCC(N)C2)C12CCCC2.Cl. The van der Waals surface area contributed by atoms with Crippen LogP contribution in [0.25, 0.3) is 0 Å². The summed E-state index contributed by atoms with van der Waals surface area (Å²) in [7, 11) is 0. The molecule has 4 nitrogen and oxygen atoms in total. The van der Waals surface area contributed by atoms with Crippen molar-refractivity contribution in [1.29, 1.82) is 0 Å². The molecule has 0 aliphatic heterocycles. The highest BCUT2D eigenvalue weighted by Crippen LogP contribution is 2.54. The summed E-state index contributed by atoms with van der Waals surface area (Å²) in [6.45, 7) is 2.85. The van der Waals surface area contributed by atoms with Gasteiger partial charge in [0.25, 0.3) is 0 Å². The molecular weight excluding hydrogens is 288 g/mol. The molecule has 0 bridgehead atoms. The van der Waals surface area contributed by atoms with Gasteiger partial charge >= 0.3 is 0 Å². The Morgan fingerprint density at radius 1 is 1.29 bits per heavy atom. The molecule has 3 aliphatic rings. The van der Waals surface area contributed by atoms with E-state index in [9.17, 15) is 4.79 Å². The lowest BCUT2D eigenvalue weighted by atomic mass is 9.60. The van der Waals surface area contributed by atoms with Gasteiger partial charge in [0.2, 0.25) is 5.91 Å². The number of amides is 1. The first-order valence-electron chi connectivity index (χ1n) is 8.33. The number of rotatable bonds is 4. The van der Waals surface area contributed by atoms with E-state index in [1.165, 1.54) is 25.7 Å². The van der Waals surface area contributed by atoms with E-state index in [2.05, 4.69) is 12.2 Å². The molecule has 3 fully saturated rings. The summed E-state index contributed by atoms with van der Waals surface area (Å²) in [4.78, 5) is 12.4. The maximum absolute atomic E-state index is 12.4. The van der Waals surface area contributed by atoms with Crippen LogP contribution < -0.4 is 11.1 Å². The van der Waals surface area contributed by atoms with Crippen molar-refractivity contribution in [3.8, 4) is 0 Å². The molecule has 21 heavy (non-hydrogen) atoms. The number of ether oxygens (including phenoxy) is 1. The summed E-state index contributed by atoms with van der Waals surface area (Å²) >= 11 is 0. The van der Waals surface area contributed by atoms with E-state index in [1.54, 1.807) is 0 Å². The molecule has 3 saturated carbocycles. The molecule has 1 spiro atoms. The minimum atomic E-state index is 0. The van der Waals surface area contributed by atoms with Crippen molar-refractivity contribution in [1.82, 2.24) is 5.32 Å². The van der Waals surface area contributed by atoms with Crippen molar-refractivity contribution < 1.29 is 9.53 Å². The number of halogens is 1. The summed E-state index contributed by atoms with van der Waals surface area (Å²) in [5, 5.41) is 3.33. The van der Waals surface area contributed by atoms with E-state index in [1.807, 2.05) is 0 Å². The molecule has 4 unspecified atom stereocenters. The van der Waals surface area contributed by atoms with Crippen molar-refractivity contribution in [2.75, 3.05) is 6.61 Å². The first-order valence-corrected chi connectivity index (χ1v) is 8.33. The zero-order valence-electron chi connectivity index (χ0n) is 13.0. The van der Waals surface area contributed by atoms with Crippen LogP contribution in [0.4, 0.5) is 0 Å². The number of nitrogens with two attached hydrogens (primary N) is 1. The number of nitrogens with one attached hydrogen (secondary N) is 1. The number of hydrogen-bond acceptors (Lipinski definition) is 3. The van der Waals surface area contributed by atoms with Gasteiger partial charge in [-0.2, -0.15) is 0 Å². The molecule has 0 saturated heterocycles. The molecule has 0 heterocycles. The highest BCUT2D eigenvalue weighted by molar-refractivity contribution is 5.85. The molecule has 4 atom stereocenters. The number of carbonyl (C=O) groups excluding carboxylic acids is 1. The van der Waals surface area contributed by atoms with Gasteiger partial charge in [-0.15, -0.1) is 12.4 Å². The lowest BCUT2D eigenvalue weighted by Gasteiger charge is -2.54. The predicted molar refractivity (Wildman–Crippen MR) is 85.4 cm³/mol. The molecule has 3 N–H and O–H groups in total. The Kier molecular flexibility index (Phi) is 5.55. The average molecular weight is 317 g/mol. The van der Waals surface area contributed by atoms with Gasteiger partial charge in [-0.25, -0.2) is 0 Å². The Balaban J connectivity index is 0.00000161. The van der Waals surface area contributed by atoms with Crippen molar-refractivity contribution in [3.63, 3.8) is 0 Å². The minimum absolute atomic E-state index is 0. The third-order valence-electron chi connectivity index (χ3n) is 5.85. The molecule has 0 aromatic carbocycles. The lowest BCUT2D eigenvalue weighted by Crippen LogP contribution is -2.64. The van der Waals surface area contributed by atoms with Gasteiger partial charge in [-0.3, -0.25) is 4.79 Å². The van der Waals surface area contributed by atoms with E-state index >= 15 is 0 Å². The number of hydrogen-bond donors (Lipinski definition) is 2. The van der Waals surface area contributed by atoms with Crippen LogP contribution >= 0.6 is 12.4 Å². The monoisotopic (exact) mass is 316 g/mol. The topological polar surface area (TPSA) is 64.3 Å². The highest BCUT2D eigenvalue weighted by Gasteiger charge is 2.57. The van der Waals surface area contributed by atoms with Gasteiger partial charge < -0.3 is 15.8 Å². The summed E-state index contributed by atoms with van der Waals surface area (Å²) < 4.78 is 5.90. The molecule has 0 aromatic heterocycles. The van der Waals surface area contributed by atoms with Gasteiger partial charge in [0.05, 0.1) is 6.10 Å². The molecule has 0 radical (unpaired) electrons. The van der Waals surface area contributed by atoms with E-state index in [-0.39, 0.29) is 35.7 Å². The third-order valence-corrected chi connectivity index (χ3v) is 5.85. The molecule has 3 rings (SSSR count). The van der Waals surface area contributed by atoms with Crippen molar-refractivity contribution >= 4 is 18.3 Å². The normalized spacial score (nSPS) is 37.0. The third kappa shape index (κ3) is 3.08. The zero-order valence-corrected chi connectivity index (χ0v) is 13.8. The second-order valence-corrected chi connectivity index (χ2v) is 6.95. The Labute approximate surface area is 134 Å². The Morgan fingerprint density at radius 2 is 2.00 bits per heavy atom. The van der Waals surface area contributed by atoms with Crippen molar-refractivity contribution in [2.24, 2.45) is 17.1 Å². The molecule has 122 valence electrons. The van der Waals surface area contributed by atoms with Crippen LogP contribution in [0.15, 0.2) is 0 Å². The molecule has 5 heteroatoms. The average Bonchev–Trinajstić information content (AvgIpc) is 3.07. The van der Waals surface area contributed by atoms with Gasteiger partial charge in [0.15, 0.2) is 0 Å². The van der Waals surface area contributed by atoms with E-state index < -0.39 is 0 Å². The summed E-state index contributed by atoms with van der Waals surface area (Å²) in [6, 6.07) is 0.564. The molecule has 0 aromatic rings. The quantitative estimate of drug-likeness (QED) is 0.837. The number of carbonyl (C=O) groups is 1. The summed E-state index contributed by atoms with van der Waals surface area (Å²) in [5.74, 6) is 0.388. The first-order chi connectivity index (χ1) is 9.65. The maximum atomic E-state index is 12.4. The lowest BCUT2D eigenvalue weighted by molar-refractivity contribution is -0.146. The fourth-order valence-electron chi connectivity index (χ4n) is 4.63. The molecule has 3 aliphatic carbocycles. The van der Waals surface area contributed by atoms with Gasteiger partial charge in [0.1, 0.15) is 0 Å². The first kappa shape index (κ1) is 17.0. The van der Waals surface area contributed by atoms with Gasteiger partial charge in [0, 0.05) is 30.0 Å². The van der Waals surface area contributed by atoms with Crippen molar-refractivity contribution in [2.45, 2.75) is 76.5 Å². The van der Waals surface area contributed by atoms with Crippen LogP contribution in [0.3, 0.4) is 0 Å². The Hall–Kier alpha value is -0.320. The molecule has 1 amide bonds. The van der Waals surface area contributed by atoms with Crippen LogP contribution in [0.2, 0.25) is 0 Å².